The number of benzene rings is 1. The molecular weight excluding hydrogens is 352 g/mol. The highest BCUT2D eigenvalue weighted by molar-refractivity contribution is 5.81. The number of aryl methyl sites for hydroxylation is 2. The summed E-state index contributed by atoms with van der Waals surface area (Å²) in [6, 6.07) is 10.2. The van der Waals surface area contributed by atoms with Crippen molar-refractivity contribution in [3.05, 3.63) is 47.7 Å². The van der Waals surface area contributed by atoms with Crippen molar-refractivity contribution in [3.63, 3.8) is 0 Å². The zero-order chi connectivity index (χ0) is 19.5. The van der Waals surface area contributed by atoms with E-state index in [2.05, 4.69) is 51.4 Å². The summed E-state index contributed by atoms with van der Waals surface area (Å²) >= 11 is 0. The molecule has 0 amide bonds. The summed E-state index contributed by atoms with van der Waals surface area (Å²) in [7, 11) is 0. The van der Waals surface area contributed by atoms with Crippen LogP contribution in [0.4, 0.5) is 0 Å². The molecule has 4 rings (SSSR count). The van der Waals surface area contributed by atoms with Gasteiger partial charge >= 0.3 is 0 Å². The number of aromatic nitrogens is 3. The van der Waals surface area contributed by atoms with Crippen molar-refractivity contribution < 1.29 is 4.42 Å². The van der Waals surface area contributed by atoms with E-state index in [4.69, 9.17) is 9.41 Å². The van der Waals surface area contributed by atoms with Gasteiger partial charge in [0.1, 0.15) is 23.0 Å². The molecule has 1 aliphatic heterocycles. The van der Waals surface area contributed by atoms with E-state index >= 15 is 0 Å². The predicted octanol–water partition coefficient (Wildman–Crippen LogP) is 3.21. The van der Waals surface area contributed by atoms with Gasteiger partial charge in [0, 0.05) is 31.4 Å². The smallest absolute Gasteiger partial charge is 0.191 e. The Bertz CT molecular complexity index is 939. The third-order valence-electron chi connectivity index (χ3n) is 5.31. The largest absolute Gasteiger partial charge is 0.459 e. The normalized spacial score (nSPS) is 18.1. The number of guanidine groups is 1. The van der Waals surface area contributed by atoms with E-state index in [9.17, 15) is 0 Å². The van der Waals surface area contributed by atoms with Crippen molar-refractivity contribution in [3.8, 4) is 0 Å². The summed E-state index contributed by atoms with van der Waals surface area (Å²) in [6.45, 7) is 8.73. The van der Waals surface area contributed by atoms with Crippen molar-refractivity contribution in [1.29, 1.82) is 0 Å². The molecule has 1 aromatic carbocycles. The third kappa shape index (κ3) is 3.88. The first-order valence-electron chi connectivity index (χ1n) is 10.1. The molecule has 148 valence electrons. The van der Waals surface area contributed by atoms with E-state index in [-0.39, 0.29) is 6.04 Å². The summed E-state index contributed by atoms with van der Waals surface area (Å²) in [5.41, 5.74) is 0.912. The van der Waals surface area contributed by atoms with E-state index in [0.29, 0.717) is 5.92 Å². The van der Waals surface area contributed by atoms with Gasteiger partial charge in [0.15, 0.2) is 5.96 Å². The Morgan fingerprint density at radius 2 is 2.21 bits per heavy atom. The average molecular weight is 380 g/mol. The molecule has 0 saturated heterocycles. The van der Waals surface area contributed by atoms with Gasteiger partial charge in [0.2, 0.25) is 0 Å². The summed E-state index contributed by atoms with van der Waals surface area (Å²) in [5.74, 6) is 4.32. The first kappa shape index (κ1) is 18.5. The lowest BCUT2D eigenvalue weighted by atomic mass is 9.99. The molecule has 0 radical (unpaired) electrons. The van der Waals surface area contributed by atoms with Gasteiger partial charge in [0.05, 0.1) is 6.04 Å². The Morgan fingerprint density at radius 3 is 3.04 bits per heavy atom. The fraction of sp³-hybridized carbons (Fsp3) is 0.476. The van der Waals surface area contributed by atoms with Gasteiger partial charge in [-0.15, -0.1) is 10.2 Å². The molecule has 3 aromatic rings. The zero-order valence-corrected chi connectivity index (χ0v) is 16.8. The summed E-state index contributed by atoms with van der Waals surface area (Å²) in [6.07, 6.45) is 2.07. The van der Waals surface area contributed by atoms with Crippen LogP contribution in [0, 0.1) is 12.8 Å². The second kappa shape index (κ2) is 8.04. The van der Waals surface area contributed by atoms with Crippen LogP contribution >= 0.6 is 0 Å². The van der Waals surface area contributed by atoms with Crippen LogP contribution in [0.15, 0.2) is 39.7 Å². The van der Waals surface area contributed by atoms with Crippen molar-refractivity contribution in [2.45, 2.75) is 46.2 Å². The Morgan fingerprint density at radius 1 is 1.36 bits per heavy atom. The molecule has 0 fully saturated rings. The maximum Gasteiger partial charge on any atom is 0.191 e. The number of nitrogens with one attached hydrogen (secondary N) is 2. The SMILES string of the molecule is CCNC(=NCC1CCc2nnc(C)n2C1)NC(C)c1cc2ccccc2o1. The number of furan rings is 1. The van der Waals surface area contributed by atoms with E-state index in [1.807, 2.05) is 25.1 Å². The number of nitrogens with zero attached hydrogens (tertiary/aromatic N) is 4. The van der Waals surface area contributed by atoms with Gasteiger partial charge in [0.25, 0.3) is 0 Å². The lowest BCUT2D eigenvalue weighted by molar-refractivity contribution is 0.369. The van der Waals surface area contributed by atoms with Crippen LogP contribution in [-0.2, 0) is 13.0 Å². The van der Waals surface area contributed by atoms with Gasteiger partial charge in [-0.05, 0) is 45.2 Å². The Hall–Kier alpha value is -2.83. The number of rotatable bonds is 5. The van der Waals surface area contributed by atoms with Crippen LogP contribution < -0.4 is 10.6 Å². The van der Waals surface area contributed by atoms with E-state index in [1.54, 1.807) is 0 Å². The minimum absolute atomic E-state index is 0.0308. The second-order valence-corrected chi connectivity index (χ2v) is 7.45. The molecule has 2 atom stereocenters. The van der Waals surface area contributed by atoms with Crippen LogP contribution in [0.1, 0.15) is 43.7 Å². The first-order valence-corrected chi connectivity index (χ1v) is 10.1. The van der Waals surface area contributed by atoms with Gasteiger partial charge < -0.3 is 19.6 Å². The number of para-hydroxylation sites is 1. The lowest BCUT2D eigenvalue weighted by Crippen LogP contribution is -2.39. The Balaban J connectivity index is 1.42. The van der Waals surface area contributed by atoms with E-state index in [1.165, 1.54) is 0 Å². The molecular formula is C21H28N6O. The molecule has 2 unspecified atom stereocenters. The molecule has 0 bridgehead atoms. The van der Waals surface area contributed by atoms with Crippen LogP contribution in [0.25, 0.3) is 11.0 Å². The van der Waals surface area contributed by atoms with Crippen LogP contribution in [0.3, 0.4) is 0 Å². The van der Waals surface area contributed by atoms with Crippen molar-refractivity contribution in [1.82, 2.24) is 25.4 Å². The van der Waals surface area contributed by atoms with Crippen molar-refractivity contribution in [2.75, 3.05) is 13.1 Å². The van der Waals surface area contributed by atoms with Gasteiger partial charge in [-0.2, -0.15) is 0 Å². The highest BCUT2D eigenvalue weighted by atomic mass is 16.3. The number of fused-ring (bicyclic) bond motifs is 2. The quantitative estimate of drug-likeness (QED) is 0.525. The molecule has 0 aliphatic carbocycles. The number of hydrogen-bond acceptors (Lipinski definition) is 4. The zero-order valence-electron chi connectivity index (χ0n) is 16.8. The predicted molar refractivity (Wildman–Crippen MR) is 110 cm³/mol. The van der Waals surface area contributed by atoms with E-state index < -0.39 is 0 Å². The molecule has 7 heteroatoms. The number of hydrogen-bond donors (Lipinski definition) is 2. The Kier molecular flexibility index (Phi) is 5.32. The lowest BCUT2D eigenvalue weighted by Gasteiger charge is -2.23. The van der Waals surface area contributed by atoms with Crippen LogP contribution in [0.5, 0.6) is 0 Å². The fourth-order valence-corrected chi connectivity index (χ4v) is 3.71. The molecule has 7 nitrogen and oxygen atoms in total. The number of aliphatic imine (C=N–C) groups is 1. The summed E-state index contributed by atoms with van der Waals surface area (Å²) < 4.78 is 8.21. The Labute approximate surface area is 165 Å². The summed E-state index contributed by atoms with van der Waals surface area (Å²) in [4.78, 5) is 4.84. The molecule has 0 saturated carbocycles. The van der Waals surface area contributed by atoms with Crippen LogP contribution in [-0.4, -0.2) is 33.8 Å². The average Bonchev–Trinajstić information content (AvgIpc) is 3.30. The standard InChI is InChI=1S/C21H28N6O/c1-4-22-21(23-12-16-9-10-20-26-25-15(3)27(20)13-16)24-14(2)19-11-17-7-5-6-8-18(17)28-19/h5-8,11,14,16H,4,9-10,12-13H2,1-3H3,(H2,22,23,24). The minimum atomic E-state index is 0.0308. The molecule has 1 aliphatic rings. The molecule has 0 spiro atoms. The topological polar surface area (TPSA) is 80.3 Å². The first-order chi connectivity index (χ1) is 13.6. The minimum Gasteiger partial charge on any atom is -0.459 e. The molecule has 2 aromatic heterocycles. The van der Waals surface area contributed by atoms with Gasteiger partial charge in [-0.3, -0.25) is 4.99 Å². The molecule has 2 N–H and O–H groups in total. The highest BCUT2D eigenvalue weighted by Crippen LogP contribution is 2.24. The maximum absolute atomic E-state index is 5.98. The summed E-state index contributed by atoms with van der Waals surface area (Å²) in [5, 5.41) is 16.4. The van der Waals surface area contributed by atoms with Crippen molar-refractivity contribution >= 4 is 16.9 Å². The monoisotopic (exact) mass is 380 g/mol. The maximum atomic E-state index is 5.98. The van der Waals surface area contributed by atoms with Gasteiger partial charge in [-0.1, -0.05) is 18.2 Å². The highest BCUT2D eigenvalue weighted by Gasteiger charge is 2.21. The second-order valence-electron chi connectivity index (χ2n) is 7.45. The van der Waals surface area contributed by atoms with E-state index in [0.717, 1.165) is 66.8 Å². The van der Waals surface area contributed by atoms with Crippen LogP contribution in [0.2, 0.25) is 0 Å². The van der Waals surface area contributed by atoms with Gasteiger partial charge in [-0.25, -0.2) is 0 Å². The fourth-order valence-electron chi connectivity index (χ4n) is 3.71. The molecule has 3 heterocycles. The molecule has 28 heavy (non-hydrogen) atoms. The third-order valence-corrected chi connectivity index (χ3v) is 5.31. The van der Waals surface area contributed by atoms with Crippen molar-refractivity contribution in [2.24, 2.45) is 10.9 Å².